The smallest absolute Gasteiger partial charge is 0.124 e. The highest BCUT2D eigenvalue weighted by molar-refractivity contribution is 6.31. The van der Waals surface area contributed by atoms with Crippen LogP contribution in [0.15, 0.2) is 18.2 Å². The second-order valence-corrected chi connectivity index (χ2v) is 4.49. The number of aliphatic hydroxyl groups is 2. The van der Waals surface area contributed by atoms with Crippen LogP contribution in [-0.2, 0) is 6.42 Å². The van der Waals surface area contributed by atoms with Crippen molar-refractivity contribution < 1.29 is 14.6 Å². The Kier molecular flexibility index (Phi) is 4.71. The van der Waals surface area contributed by atoms with Crippen LogP contribution < -0.4 is 0 Å². The van der Waals surface area contributed by atoms with Gasteiger partial charge in [-0.25, -0.2) is 4.39 Å². The molecule has 0 atom stereocenters. The van der Waals surface area contributed by atoms with Crippen LogP contribution in [0.5, 0.6) is 0 Å². The molecule has 90 valence electrons. The maximum Gasteiger partial charge on any atom is 0.124 e. The van der Waals surface area contributed by atoms with Gasteiger partial charge in [-0.1, -0.05) is 24.6 Å². The predicted molar refractivity (Wildman–Crippen MR) is 62.0 cm³/mol. The lowest BCUT2D eigenvalue weighted by Gasteiger charge is -2.28. The van der Waals surface area contributed by atoms with Gasteiger partial charge < -0.3 is 10.2 Å². The molecule has 0 bridgehead atoms. The average Bonchev–Trinajstić information content (AvgIpc) is 2.29. The number of halogens is 2. The number of hydrogen-bond acceptors (Lipinski definition) is 2. The van der Waals surface area contributed by atoms with Crippen LogP contribution >= 0.6 is 11.6 Å². The van der Waals surface area contributed by atoms with Gasteiger partial charge in [0.15, 0.2) is 0 Å². The van der Waals surface area contributed by atoms with Crippen LogP contribution in [0.3, 0.4) is 0 Å². The zero-order valence-electron chi connectivity index (χ0n) is 9.21. The van der Waals surface area contributed by atoms with Crippen molar-refractivity contribution in [3.05, 3.63) is 34.6 Å². The molecule has 2 N–H and O–H groups in total. The van der Waals surface area contributed by atoms with Crippen LogP contribution in [0, 0.1) is 11.2 Å². The molecular formula is C12H16ClFO2. The summed E-state index contributed by atoms with van der Waals surface area (Å²) in [6.07, 6.45) is 1.07. The van der Waals surface area contributed by atoms with Crippen molar-refractivity contribution in [2.24, 2.45) is 5.41 Å². The largest absolute Gasteiger partial charge is 0.396 e. The lowest BCUT2D eigenvalue weighted by Crippen LogP contribution is -2.31. The quantitative estimate of drug-likeness (QED) is 0.838. The van der Waals surface area contributed by atoms with E-state index in [9.17, 15) is 14.6 Å². The Morgan fingerprint density at radius 1 is 1.31 bits per heavy atom. The Labute approximate surface area is 99.7 Å². The fourth-order valence-electron chi connectivity index (χ4n) is 1.58. The number of aliphatic hydroxyl groups excluding tert-OH is 2. The summed E-state index contributed by atoms with van der Waals surface area (Å²) in [4.78, 5) is 0. The van der Waals surface area contributed by atoms with Crippen molar-refractivity contribution in [2.75, 3.05) is 13.2 Å². The van der Waals surface area contributed by atoms with Gasteiger partial charge in [0.1, 0.15) is 5.82 Å². The molecule has 0 aliphatic heterocycles. The predicted octanol–water partition coefficient (Wildman–Crippen LogP) is 2.40. The second-order valence-electron chi connectivity index (χ2n) is 4.08. The van der Waals surface area contributed by atoms with E-state index >= 15 is 0 Å². The van der Waals surface area contributed by atoms with Crippen LogP contribution in [0.1, 0.15) is 18.9 Å². The van der Waals surface area contributed by atoms with Gasteiger partial charge >= 0.3 is 0 Å². The first-order valence-corrected chi connectivity index (χ1v) is 5.60. The molecule has 0 unspecified atom stereocenters. The molecule has 1 rings (SSSR count). The van der Waals surface area contributed by atoms with E-state index < -0.39 is 5.41 Å². The molecule has 0 aliphatic rings. The summed E-state index contributed by atoms with van der Waals surface area (Å²) in [7, 11) is 0. The zero-order valence-corrected chi connectivity index (χ0v) is 9.97. The molecule has 0 aliphatic carbocycles. The van der Waals surface area contributed by atoms with E-state index in [1.54, 1.807) is 6.07 Å². The maximum absolute atomic E-state index is 12.8. The molecule has 0 spiro atoms. The van der Waals surface area contributed by atoms with E-state index in [-0.39, 0.29) is 19.0 Å². The first-order chi connectivity index (χ1) is 7.56. The van der Waals surface area contributed by atoms with Crippen LogP contribution in [0.2, 0.25) is 5.02 Å². The van der Waals surface area contributed by atoms with Crippen LogP contribution in [0.25, 0.3) is 0 Å². The summed E-state index contributed by atoms with van der Waals surface area (Å²) in [5.41, 5.74) is 0.162. The molecule has 0 heterocycles. The lowest BCUT2D eigenvalue weighted by molar-refractivity contribution is 0.0514. The minimum atomic E-state index is -0.582. The molecule has 1 aromatic carbocycles. The summed E-state index contributed by atoms with van der Waals surface area (Å²) < 4.78 is 12.8. The molecule has 0 saturated carbocycles. The highest BCUT2D eigenvalue weighted by Crippen LogP contribution is 2.29. The third-order valence-corrected chi connectivity index (χ3v) is 3.35. The number of rotatable bonds is 5. The summed E-state index contributed by atoms with van der Waals surface area (Å²) in [5, 5.41) is 18.9. The minimum Gasteiger partial charge on any atom is -0.396 e. The van der Waals surface area contributed by atoms with Gasteiger partial charge in [-0.05, 0) is 30.5 Å². The number of benzene rings is 1. The topological polar surface area (TPSA) is 40.5 Å². The molecule has 1 aromatic rings. The zero-order chi connectivity index (χ0) is 12.2. The second kappa shape index (κ2) is 5.62. The lowest BCUT2D eigenvalue weighted by atomic mass is 9.81. The molecule has 0 radical (unpaired) electrons. The monoisotopic (exact) mass is 246 g/mol. The fraction of sp³-hybridized carbons (Fsp3) is 0.500. The summed E-state index contributed by atoms with van der Waals surface area (Å²) in [6, 6.07) is 4.16. The van der Waals surface area contributed by atoms with Crippen molar-refractivity contribution in [2.45, 2.75) is 19.8 Å². The molecule has 4 heteroatoms. The van der Waals surface area contributed by atoms with E-state index in [0.717, 1.165) is 5.56 Å². The Balaban J connectivity index is 2.93. The Morgan fingerprint density at radius 3 is 2.38 bits per heavy atom. The maximum atomic E-state index is 12.8. The van der Waals surface area contributed by atoms with Gasteiger partial charge in [0.2, 0.25) is 0 Å². The van der Waals surface area contributed by atoms with E-state index in [1.165, 1.54) is 12.1 Å². The van der Waals surface area contributed by atoms with Gasteiger partial charge in [-0.15, -0.1) is 0 Å². The number of hydrogen-bond donors (Lipinski definition) is 2. The van der Waals surface area contributed by atoms with Crippen molar-refractivity contribution in [1.29, 1.82) is 0 Å². The Bertz CT molecular complexity index is 343. The molecular weight excluding hydrogens is 231 g/mol. The summed E-state index contributed by atoms with van der Waals surface area (Å²) >= 11 is 5.90. The Morgan fingerprint density at radius 2 is 1.94 bits per heavy atom. The summed E-state index contributed by atoms with van der Waals surface area (Å²) in [5.74, 6) is -0.385. The summed E-state index contributed by atoms with van der Waals surface area (Å²) in [6.45, 7) is 1.66. The van der Waals surface area contributed by atoms with Gasteiger partial charge in [0, 0.05) is 10.4 Å². The first kappa shape index (κ1) is 13.4. The minimum absolute atomic E-state index is 0.117. The Hall–Kier alpha value is -0.640. The highest BCUT2D eigenvalue weighted by atomic mass is 35.5. The van der Waals surface area contributed by atoms with Crippen molar-refractivity contribution in [3.8, 4) is 0 Å². The standard InChI is InChI=1S/C12H16ClFO2/c1-2-12(7-15,8-16)6-9-3-4-10(14)5-11(9)13/h3-5,15-16H,2,6-8H2,1H3. The molecule has 0 fully saturated rings. The third kappa shape index (κ3) is 2.94. The van der Waals surface area contributed by atoms with E-state index in [0.29, 0.717) is 17.9 Å². The average molecular weight is 247 g/mol. The fourth-order valence-corrected chi connectivity index (χ4v) is 1.81. The van der Waals surface area contributed by atoms with Crippen LogP contribution in [-0.4, -0.2) is 23.4 Å². The van der Waals surface area contributed by atoms with Gasteiger partial charge in [-0.2, -0.15) is 0 Å². The van der Waals surface area contributed by atoms with E-state index in [4.69, 9.17) is 11.6 Å². The third-order valence-electron chi connectivity index (χ3n) is 3.00. The van der Waals surface area contributed by atoms with Crippen molar-refractivity contribution >= 4 is 11.6 Å². The van der Waals surface area contributed by atoms with Crippen molar-refractivity contribution in [3.63, 3.8) is 0 Å². The van der Waals surface area contributed by atoms with E-state index in [1.807, 2.05) is 6.92 Å². The molecule has 2 nitrogen and oxygen atoms in total. The first-order valence-electron chi connectivity index (χ1n) is 5.22. The highest BCUT2D eigenvalue weighted by Gasteiger charge is 2.27. The molecule has 0 aromatic heterocycles. The van der Waals surface area contributed by atoms with Gasteiger partial charge in [0.05, 0.1) is 13.2 Å². The SMILES string of the molecule is CCC(CO)(CO)Cc1ccc(F)cc1Cl. The molecule has 0 amide bonds. The van der Waals surface area contributed by atoms with Gasteiger partial charge in [-0.3, -0.25) is 0 Å². The van der Waals surface area contributed by atoms with Crippen molar-refractivity contribution in [1.82, 2.24) is 0 Å². The molecule has 16 heavy (non-hydrogen) atoms. The van der Waals surface area contributed by atoms with Gasteiger partial charge in [0.25, 0.3) is 0 Å². The van der Waals surface area contributed by atoms with Crippen LogP contribution in [0.4, 0.5) is 4.39 Å². The van der Waals surface area contributed by atoms with E-state index in [2.05, 4.69) is 0 Å². The normalized spacial score (nSPS) is 11.8. The molecule has 0 saturated heterocycles.